The molecule has 0 fully saturated rings. The molecule has 0 radical (unpaired) electrons. The third-order valence-corrected chi connectivity index (χ3v) is 6.30. The number of carbonyl (C=O) groups is 1. The number of hydrogen-bond acceptors (Lipinski definition) is 7. The summed E-state index contributed by atoms with van der Waals surface area (Å²) in [5, 5.41) is 8.97. The van der Waals surface area contributed by atoms with Crippen LogP contribution in [0.4, 0.5) is 5.69 Å². The maximum atomic E-state index is 13.1. The van der Waals surface area contributed by atoms with Crippen molar-refractivity contribution in [3.63, 3.8) is 0 Å². The van der Waals surface area contributed by atoms with Crippen LogP contribution < -0.4 is 10.7 Å². The number of hydrogen-bond donors (Lipinski definition) is 1. The number of aryl methyl sites for hydroxylation is 2. The van der Waals surface area contributed by atoms with Gasteiger partial charge in [0.2, 0.25) is 5.43 Å². The second kappa shape index (κ2) is 8.52. The normalized spacial score (nSPS) is 11.1. The lowest BCUT2D eigenvalue weighted by Gasteiger charge is -2.10. The van der Waals surface area contributed by atoms with Crippen molar-refractivity contribution in [2.45, 2.75) is 34.0 Å². The zero-order valence-electron chi connectivity index (χ0n) is 17.4. The van der Waals surface area contributed by atoms with Gasteiger partial charge in [0.05, 0.1) is 10.9 Å². The molecule has 4 aromatic rings. The molecule has 4 rings (SSSR count). The van der Waals surface area contributed by atoms with Gasteiger partial charge in [-0.05, 0) is 69.4 Å². The number of fused-ring (bicyclic) bond motifs is 1. The molecule has 0 bridgehead atoms. The van der Waals surface area contributed by atoms with Crippen molar-refractivity contribution in [1.29, 1.82) is 0 Å². The summed E-state index contributed by atoms with van der Waals surface area (Å²) in [6.07, 6.45) is 1.81. The molecule has 0 aliphatic heterocycles. The van der Waals surface area contributed by atoms with Gasteiger partial charge in [-0.2, -0.15) is 5.10 Å². The van der Waals surface area contributed by atoms with Gasteiger partial charge in [-0.1, -0.05) is 11.3 Å². The Kier molecular flexibility index (Phi) is 5.79. The molecule has 0 spiro atoms. The van der Waals surface area contributed by atoms with Gasteiger partial charge in [0.25, 0.3) is 0 Å². The van der Waals surface area contributed by atoms with Gasteiger partial charge in [-0.25, -0.2) is 9.67 Å². The van der Waals surface area contributed by atoms with Crippen LogP contribution in [0.5, 0.6) is 0 Å². The topological polar surface area (TPSA) is 81.8 Å². The molecule has 0 saturated carbocycles. The minimum atomic E-state index is -0.101. The number of nitrogens with zero attached hydrogens (tertiary/aromatic N) is 4. The van der Waals surface area contributed by atoms with Gasteiger partial charge >= 0.3 is 0 Å². The van der Waals surface area contributed by atoms with Gasteiger partial charge in [-0.3, -0.25) is 9.59 Å². The van der Waals surface area contributed by atoms with Crippen LogP contribution in [-0.2, 0) is 13.2 Å². The molecule has 3 aromatic heterocycles. The average Bonchev–Trinajstić information content (AvgIpc) is 3.13. The summed E-state index contributed by atoms with van der Waals surface area (Å²) < 4.78 is 4.18. The fourth-order valence-electron chi connectivity index (χ4n) is 3.26. The standard InChI is InChI=1S/C22H21N5O2S2/c1-4-26-11-18(19(29)17-10-5-13(2)24-20(17)26)21-25-27(22(30)31-21)12-23-16-8-6-15(7-9-16)14(3)28/h5-11,23H,4,12H2,1-3H3. The predicted molar refractivity (Wildman–Crippen MR) is 126 cm³/mol. The Hall–Kier alpha value is -3.17. The third-order valence-electron chi connectivity index (χ3n) is 4.96. The molecule has 158 valence electrons. The molecule has 7 nitrogen and oxygen atoms in total. The number of benzene rings is 1. The van der Waals surface area contributed by atoms with Crippen LogP contribution in [0.1, 0.15) is 29.9 Å². The zero-order valence-corrected chi connectivity index (χ0v) is 19.0. The van der Waals surface area contributed by atoms with Crippen LogP contribution in [0.15, 0.2) is 47.4 Å². The summed E-state index contributed by atoms with van der Waals surface area (Å²) in [5.74, 6) is 0.0244. The molecule has 1 N–H and O–H groups in total. The maximum absolute atomic E-state index is 13.1. The molecule has 0 atom stereocenters. The Morgan fingerprint density at radius 1 is 1.19 bits per heavy atom. The van der Waals surface area contributed by atoms with Crippen molar-refractivity contribution in [1.82, 2.24) is 19.3 Å². The van der Waals surface area contributed by atoms with E-state index >= 15 is 0 Å². The Labute approximate surface area is 188 Å². The van der Waals surface area contributed by atoms with Crippen molar-refractivity contribution in [3.8, 4) is 10.6 Å². The minimum Gasteiger partial charge on any atom is -0.366 e. The maximum Gasteiger partial charge on any atom is 0.201 e. The lowest BCUT2D eigenvalue weighted by atomic mass is 10.1. The van der Waals surface area contributed by atoms with E-state index in [2.05, 4.69) is 15.4 Å². The Balaban J connectivity index is 1.66. The first-order chi connectivity index (χ1) is 14.9. The number of anilines is 1. The Morgan fingerprint density at radius 3 is 2.61 bits per heavy atom. The highest BCUT2D eigenvalue weighted by Crippen LogP contribution is 2.23. The lowest BCUT2D eigenvalue weighted by molar-refractivity contribution is 0.101. The number of ketones is 1. The molecule has 0 aliphatic carbocycles. The largest absolute Gasteiger partial charge is 0.366 e. The summed E-state index contributed by atoms with van der Waals surface area (Å²) >= 11 is 6.78. The second-order valence-corrected chi connectivity index (χ2v) is 8.75. The molecular formula is C22H21N5O2S2. The zero-order chi connectivity index (χ0) is 22.1. The summed E-state index contributed by atoms with van der Waals surface area (Å²) in [4.78, 5) is 29.1. The van der Waals surface area contributed by atoms with E-state index in [1.165, 1.54) is 18.3 Å². The molecule has 0 aliphatic rings. The fourth-order valence-corrected chi connectivity index (χ4v) is 4.37. The summed E-state index contributed by atoms with van der Waals surface area (Å²) in [6.45, 7) is 6.50. The van der Waals surface area contributed by atoms with Crippen molar-refractivity contribution in [2.75, 3.05) is 5.32 Å². The number of aromatic nitrogens is 4. The number of carbonyl (C=O) groups excluding carboxylic acids is 1. The van der Waals surface area contributed by atoms with Crippen molar-refractivity contribution < 1.29 is 4.79 Å². The third kappa shape index (κ3) is 4.19. The number of Topliss-reactive ketones (excluding diaryl/α,β-unsaturated/α-hetero) is 1. The Bertz CT molecular complexity index is 1400. The fraction of sp³-hybridized carbons (Fsp3) is 0.227. The van der Waals surface area contributed by atoms with Gasteiger partial charge in [0.1, 0.15) is 12.3 Å². The van der Waals surface area contributed by atoms with Gasteiger partial charge in [-0.15, -0.1) is 0 Å². The quantitative estimate of drug-likeness (QED) is 0.339. The highest BCUT2D eigenvalue weighted by Gasteiger charge is 2.15. The first-order valence-electron chi connectivity index (χ1n) is 9.81. The van der Waals surface area contributed by atoms with Crippen LogP contribution >= 0.6 is 23.6 Å². The molecule has 9 heteroatoms. The van der Waals surface area contributed by atoms with Crippen molar-refractivity contribution >= 4 is 46.1 Å². The van der Waals surface area contributed by atoms with Crippen LogP contribution in [0.2, 0.25) is 0 Å². The molecule has 31 heavy (non-hydrogen) atoms. The first kappa shape index (κ1) is 21.1. The smallest absolute Gasteiger partial charge is 0.201 e. The van der Waals surface area contributed by atoms with Crippen LogP contribution in [0.25, 0.3) is 21.6 Å². The molecular weight excluding hydrogens is 430 g/mol. The number of pyridine rings is 2. The number of rotatable bonds is 6. The van der Waals surface area contributed by atoms with Gasteiger partial charge in [0, 0.05) is 29.7 Å². The molecule has 3 heterocycles. The first-order valence-corrected chi connectivity index (χ1v) is 11.0. The van der Waals surface area contributed by atoms with E-state index in [0.717, 1.165) is 11.4 Å². The predicted octanol–water partition coefficient (Wildman–Crippen LogP) is 4.65. The SMILES string of the molecule is CCn1cc(-c2nn(CNc3ccc(C(C)=O)cc3)c(=S)s2)c(=O)c2ccc(C)nc21. The molecule has 0 unspecified atom stereocenters. The van der Waals surface area contributed by atoms with E-state index in [-0.39, 0.29) is 11.2 Å². The summed E-state index contributed by atoms with van der Waals surface area (Å²) in [6, 6.07) is 10.9. The van der Waals surface area contributed by atoms with Crippen molar-refractivity contribution in [2.24, 2.45) is 0 Å². The van der Waals surface area contributed by atoms with E-state index in [1.807, 2.05) is 48.9 Å². The molecule has 0 saturated heterocycles. The van der Waals surface area contributed by atoms with E-state index in [4.69, 9.17) is 12.2 Å². The van der Waals surface area contributed by atoms with Gasteiger partial charge < -0.3 is 9.88 Å². The molecule has 1 aromatic carbocycles. The van der Waals surface area contributed by atoms with E-state index in [9.17, 15) is 9.59 Å². The Morgan fingerprint density at radius 2 is 1.94 bits per heavy atom. The monoisotopic (exact) mass is 451 g/mol. The van der Waals surface area contributed by atoms with E-state index < -0.39 is 0 Å². The van der Waals surface area contributed by atoms with Crippen molar-refractivity contribution in [3.05, 3.63) is 68.0 Å². The highest BCUT2D eigenvalue weighted by molar-refractivity contribution is 7.73. The van der Waals surface area contributed by atoms with E-state index in [0.29, 0.717) is 44.3 Å². The summed E-state index contributed by atoms with van der Waals surface area (Å²) in [5.41, 5.74) is 3.46. The highest BCUT2D eigenvalue weighted by atomic mass is 32.1. The number of nitrogens with one attached hydrogen (secondary N) is 1. The van der Waals surface area contributed by atoms with Crippen LogP contribution in [0.3, 0.4) is 0 Å². The molecule has 0 amide bonds. The second-order valence-electron chi connectivity index (χ2n) is 7.12. The lowest BCUT2D eigenvalue weighted by Crippen LogP contribution is -2.14. The van der Waals surface area contributed by atoms with E-state index in [1.54, 1.807) is 16.8 Å². The summed E-state index contributed by atoms with van der Waals surface area (Å²) in [7, 11) is 0. The average molecular weight is 452 g/mol. The van der Waals surface area contributed by atoms with Gasteiger partial charge in [0.15, 0.2) is 14.7 Å². The minimum absolute atomic E-state index is 0.0244. The van der Waals surface area contributed by atoms with Crippen LogP contribution in [-0.4, -0.2) is 25.1 Å². The van der Waals surface area contributed by atoms with Crippen LogP contribution in [0, 0.1) is 10.9 Å².